The maximum absolute atomic E-state index is 13.1. The summed E-state index contributed by atoms with van der Waals surface area (Å²) in [6.45, 7) is 3.42. The van der Waals surface area contributed by atoms with Crippen LogP contribution in [0.3, 0.4) is 0 Å². The number of carbonyl (C=O) groups excluding carboxylic acids is 1. The number of nitrogens with zero attached hydrogens (tertiary/aromatic N) is 2. The zero-order chi connectivity index (χ0) is 23.2. The van der Waals surface area contributed by atoms with E-state index in [9.17, 15) is 18.0 Å². The second kappa shape index (κ2) is 8.06. The van der Waals surface area contributed by atoms with E-state index < -0.39 is 21.3 Å². The van der Waals surface area contributed by atoms with Crippen molar-refractivity contribution >= 4 is 32.5 Å². The number of benzene rings is 1. The number of imidazole rings is 1. The molecule has 1 amide bonds. The van der Waals surface area contributed by atoms with Crippen LogP contribution in [0.5, 0.6) is 0 Å². The molecule has 0 radical (unpaired) electrons. The molecule has 0 saturated heterocycles. The van der Waals surface area contributed by atoms with Gasteiger partial charge in [0.05, 0.1) is 28.1 Å². The highest BCUT2D eigenvalue weighted by atomic mass is 32.2. The summed E-state index contributed by atoms with van der Waals surface area (Å²) in [7, 11) is -3.69. The number of rotatable bonds is 6. The Morgan fingerprint density at radius 2 is 2.06 bits per heavy atom. The largest absolute Gasteiger partial charge is 0.393 e. The number of hydroxylamine groups is 1. The number of aromatic amines is 1. The number of fused-ring (bicyclic) bond motifs is 1. The molecule has 1 aliphatic rings. The first-order valence-electron chi connectivity index (χ1n) is 10.3. The first-order chi connectivity index (χ1) is 15.1. The van der Waals surface area contributed by atoms with Crippen LogP contribution in [0.2, 0.25) is 0 Å². The van der Waals surface area contributed by atoms with Crippen molar-refractivity contribution in [3.05, 3.63) is 45.4 Å². The Morgan fingerprint density at radius 1 is 1.34 bits per heavy atom. The smallest absolute Gasteiger partial charge is 0.282 e. The Kier molecular flexibility index (Phi) is 5.55. The first-order valence-corrected chi connectivity index (χ1v) is 11.9. The lowest BCUT2D eigenvalue weighted by Gasteiger charge is -2.25. The molecular formula is C21H25N5O5S. The van der Waals surface area contributed by atoms with Gasteiger partial charge in [0.25, 0.3) is 5.56 Å². The maximum Gasteiger partial charge on any atom is 0.282 e. The summed E-state index contributed by atoms with van der Waals surface area (Å²) in [5.74, 6) is -0.340. The summed E-state index contributed by atoms with van der Waals surface area (Å²) in [4.78, 5) is 32.2. The average Bonchev–Trinajstić information content (AvgIpc) is 3.13. The van der Waals surface area contributed by atoms with Crippen LogP contribution in [-0.4, -0.2) is 39.8 Å². The Labute approximate surface area is 184 Å². The molecule has 0 bridgehead atoms. The summed E-state index contributed by atoms with van der Waals surface area (Å²) in [5, 5.41) is 8.88. The van der Waals surface area contributed by atoms with Gasteiger partial charge in [-0.3, -0.25) is 14.8 Å². The Hall–Kier alpha value is -3.18. The molecule has 0 atom stereocenters. The van der Waals surface area contributed by atoms with Crippen LogP contribution in [0.4, 0.5) is 5.69 Å². The van der Waals surface area contributed by atoms with Crippen LogP contribution < -0.4 is 16.8 Å². The molecule has 1 saturated carbocycles. The molecule has 11 heteroatoms. The molecular weight excluding hydrogens is 434 g/mol. The van der Waals surface area contributed by atoms with Crippen LogP contribution in [-0.2, 0) is 21.1 Å². The quantitative estimate of drug-likeness (QED) is 0.321. The number of amides is 1. The lowest BCUT2D eigenvalue weighted by atomic mass is 9.87. The molecule has 4 rings (SSSR count). The van der Waals surface area contributed by atoms with Crippen LogP contribution in [0.1, 0.15) is 36.1 Å². The van der Waals surface area contributed by atoms with Crippen molar-refractivity contribution in [1.29, 1.82) is 0 Å². The number of nitrogens with one attached hydrogen (secondary N) is 2. The van der Waals surface area contributed by atoms with Crippen molar-refractivity contribution in [1.82, 2.24) is 20.0 Å². The number of sulfone groups is 1. The summed E-state index contributed by atoms with van der Waals surface area (Å²) in [5.41, 5.74) is 9.39. The van der Waals surface area contributed by atoms with Gasteiger partial charge in [-0.2, -0.15) is 0 Å². The molecule has 1 aromatic carbocycles. The first kappa shape index (κ1) is 22.0. The lowest BCUT2D eigenvalue weighted by molar-refractivity contribution is -0.128. The highest BCUT2D eigenvalue weighted by Gasteiger charge is 2.29. The van der Waals surface area contributed by atoms with Gasteiger partial charge in [-0.15, -0.1) is 0 Å². The van der Waals surface area contributed by atoms with Crippen molar-refractivity contribution < 1.29 is 18.4 Å². The number of anilines is 1. The number of aromatic nitrogens is 3. The highest BCUT2D eigenvalue weighted by Crippen LogP contribution is 2.31. The van der Waals surface area contributed by atoms with Gasteiger partial charge < -0.3 is 10.7 Å². The molecule has 0 aliphatic heterocycles. The summed E-state index contributed by atoms with van der Waals surface area (Å²) < 4.78 is 26.9. The van der Waals surface area contributed by atoms with E-state index in [2.05, 4.69) is 9.97 Å². The minimum Gasteiger partial charge on any atom is -0.393 e. The van der Waals surface area contributed by atoms with Gasteiger partial charge in [0.1, 0.15) is 5.69 Å². The van der Waals surface area contributed by atoms with Crippen molar-refractivity contribution in [3.63, 3.8) is 0 Å². The molecule has 2 aromatic heterocycles. The van der Waals surface area contributed by atoms with Gasteiger partial charge in [0.15, 0.2) is 9.84 Å². The number of pyridine rings is 1. The highest BCUT2D eigenvalue weighted by molar-refractivity contribution is 7.91. The van der Waals surface area contributed by atoms with E-state index in [1.807, 2.05) is 6.92 Å². The molecule has 32 heavy (non-hydrogen) atoms. The van der Waals surface area contributed by atoms with Crippen LogP contribution in [0.15, 0.2) is 27.9 Å². The Bertz CT molecular complexity index is 1390. The minimum atomic E-state index is -3.69. The van der Waals surface area contributed by atoms with Gasteiger partial charge in [-0.25, -0.2) is 23.4 Å². The van der Waals surface area contributed by atoms with Gasteiger partial charge in [-0.05, 0) is 55.9 Å². The molecule has 5 N–H and O–H groups in total. The fourth-order valence-electron chi connectivity index (χ4n) is 4.05. The zero-order valence-corrected chi connectivity index (χ0v) is 18.6. The van der Waals surface area contributed by atoms with E-state index in [4.69, 9.17) is 10.9 Å². The van der Waals surface area contributed by atoms with E-state index in [0.717, 1.165) is 24.8 Å². The van der Waals surface area contributed by atoms with Crippen molar-refractivity contribution in [3.8, 4) is 5.95 Å². The SMILES string of the molecule is Cc1ccc2[nH]c(-n3c(C)cc(S(=O)(=O)CC4CCC4)c(N)c3=O)nc2c1CC(=O)NO. The predicted octanol–water partition coefficient (Wildman–Crippen LogP) is 1.53. The third-order valence-corrected chi connectivity index (χ3v) is 7.98. The molecule has 0 spiro atoms. The minimum absolute atomic E-state index is 0.0136. The second-order valence-electron chi connectivity index (χ2n) is 8.31. The van der Waals surface area contributed by atoms with Gasteiger partial charge in [0, 0.05) is 5.69 Å². The third kappa shape index (κ3) is 3.78. The molecule has 10 nitrogen and oxygen atoms in total. The molecule has 3 aromatic rings. The van der Waals surface area contributed by atoms with E-state index >= 15 is 0 Å². The summed E-state index contributed by atoms with van der Waals surface area (Å²) >= 11 is 0. The second-order valence-corrected chi connectivity index (χ2v) is 10.3. The molecule has 1 aliphatic carbocycles. The molecule has 170 valence electrons. The number of aryl methyl sites for hydroxylation is 2. The number of carbonyl (C=O) groups is 1. The Balaban J connectivity index is 1.82. The maximum atomic E-state index is 13.1. The van der Waals surface area contributed by atoms with Crippen molar-refractivity contribution in [2.24, 2.45) is 5.92 Å². The third-order valence-electron chi connectivity index (χ3n) is 6.06. The number of hydrogen-bond acceptors (Lipinski definition) is 7. The van der Waals surface area contributed by atoms with E-state index in [1.54, 1.807) is 24.5 Å². The standard InChI is InChI=1S/C21H25N5O5S/c1-11-6-7-15-19(14(11)9-17(27)25-29)24-21(23-15)26-12(2)8-16(18(22)20(26)28)32(30,31)10-13-4-3-5-13/h6-8,13,29H,3-5,9-10,22H2,1-2H3,(H,23,24)(H,25,27). The van der Waals surface area contributed by atoms with Crippen LogP contribution in [0, 0.1) is 19.8 Å². The van der Waals surface area contributed by atoms with Crippen molar-refractivity contribution in [2.45, 2.75) is 44.4 Å². The summed E-state index contributed by atoms with van der Waals surface area (Å²) in [6, 6.07) is 4.97. The molecule has 2 heterocycles. The normalized spacial score (nSPS) is 14.5. The lowest BCUT2D eigenvalue weighted by Crippen LogP contribution is -2.29. The Morgan fingerprint density at radius 3 is 2.69 bits per heavy atom. The fraction of sp³-hybridized carbons (Fsp3) is 0.381. The molecule has 0 unspecified atom stereocenters. The van der Waals surface area contributed by atoms with Crippen molar-refractivity contribution in [2.75, 3.05) is 11.5 Å². The zero-order valence-electron chi connectivity index (χ0n) is 17.8. The topological polar surface area (TPSA) is 160 Å². The van der Waals surface area contributed by atoms with E-state index in [1.165, 1.54) is 10.6 Å². The summed E-state index contributed by atoms with van der Waals surface area (Å²) in [6.07, 6.45) is 2.65. The number of H-pyrrole nitrogens is 1. The number of hydrogen-bond donors (Lipinski definition) is 4. The van der Waals surface area contributed by atoms with E-state index in [0.29, 0.717) is 22.3 Å². The average molecular weight is 460 g/mol. The van der Waals surface area contributed by atoms with Crippen LogP contribution >= 0.6 is 0 Å². The number of nitrogens with two attached hydrogens (primary N) is 1. The van der Waals surface area contributed by atoms with Gasteiger partial charge in [-0.1, -0.05) is 12.5 Å². The monoisotopic (exact) mass is 459 g/mol. The predicted molar refractivity (Wildman–Crippen MR) is 119 cm³/mol. The number of nitrogen functional groups attached to an aromatic ring is 1. The van der Waals surface area contributed by atoms with Gasteiger partial charge in [0.2, 0.25) is 11.9 Å². The molecule has 1 fully saturated rings. The fourth-order valence-corrected chi connectivity index (χ4v) is 5.95. The van der Waals surface area contributed by atoms with Gasteiger partial charge >= 0.3 is 0 Å². The van der Waals surface area contributed by atoms with Crippen LogP contribution in [0.25, 0.3) is 17.0 Å². The van der Waals surface area contributed by atoms with E-state index in [-0.39, 0.29) is 34.6 Å².